The molecule has 2 N–H and O–H groups in total. The van der Waals surface area contributed by atoms with Crippen LogP contribution in [0, 0.1) is 11.7 Å². The van der Waals surface area contributed by atoms with E-state index in [9.17, 15) is 14.0 Å². The first kappa shape index (κ1) is 17.7. The van der Waals surface area contributed by atoms with Gasteiger partial charge in [0, 0.05) is 12.1 Å². The lowest BCUT2D eigenvalue weighted by Crippen LogP contribution is -2.49. The molecule has 2 aromatic rings. The van der Waals surface area contributed by atoms with Crippen molar-refractivity contribution in [1.29, 1.82) is 0 Å². The van der Waals surface area contributed by atoms with E-state index in [-0.39, 0.29) is 11.8 Å². The van der Waals surface area contributed by atoms with Crippen molar-refractivity contribution in [3.63, 3.8) is 0 Å². The molecule has 0 spiro atoms. The minimum Gasteiger partial charge on any atom is -0.350 e. The quantitative estimate of drug-likeness (QED) is 0.856. The van der Waals surface area contributed by atoms with Crippen LogP contribution in [0.4, 0.5) is 4.39 Å². The third kappa shape index (κ3) is 4.91. The SMILES string of the molecule is CC(C)C(NC(=O)c1ccc(F)cc1)C(=O)NCc1ccccc1. The number of rotatable bonds is 6. The molecule has 0 heterocycles. The van der Waals surface area contributed by atoms with Gasteiger partial charge in [0.05, 0.1) is 0 Å². The summed E-state index contributed by atoms with van der Waals surface area (Å²) >= 11 is 0. The Hall–Kier alpha value is -2.69. The average Bonchev–Trinajstić information content (AvgIpc) is 2.58. The van der Waals surface area contributed by atoms with Crippen molar-refractivity contribution < 1.29 is 14.0 Å². The Kier molecular flexibility index (Phi) is 6.07. The summed E-state index contributed by atoms with van der Waals surface area (Å²) < 4.78 is 12.9. The summed E-state index contributed by atoms with van der Waals surface area (Å²) in [6, 6.07) is 14.1. The van der Waals surface area contributed by atoms with Gasteiger partial charge in [-0.25, -0.2) is 4.39 Å². The van der Waals surface area contributed by atoms with E-state index in [0.29, 0.717) is 12.1 Å². The number of amides is 2. The van der Waals surface area contributed by atoms with Crippen LogP contribution >= 0.6 is 0 Å². The van der Waals surface area contributed by atoms with Crippen molar-refractivity contribution >= 4 is 11.8 Å². The fourth-order valence-electron chi connectivity index (χ4n) is 2.26. The highest BCUT2D eigenvalue weighted by Gasteiger charge is 2.24. The number of halogens is 1. The molecule has 24 heavy (non-hydrogen) atoms. The highest BCUT2D eigenvalue weighted by Crippen LogP contribution is 2.07. The van der Waals surface area contributed by atoms with Gasteiger partial charge in [-0.2, -0.15) is 0 Å². The summed E-state index contributed by atoms with van der Waals surface area (Å²) in [5.74, 6) is -1.13. The van der Waals surface area contributed by atoms with Crippen LogP contribution in [0.2, 0.25) is 0 Å². The van der Waals surface area contributed by atoms with Crippen molar-refractivity contribution in [2.75, 3.05) is 0 Å². The Morgan fingerprint density at radius 1 is 1.00 bits per heavy atom. The molecule has 0 radical (unpaired) electrons. The molecule has 0 aliphatic heterocycles. The number of carbonyl (C=O) groups is 2. The molecule has 0 fully saturated rings. The molecule has 0 saturated heterocycles. The van der Waals surface area contributed by atoms with Crippen LogP contribution in [0.15, 0.2) is 54.6 Å². The van der Waals surface area contributed by atoms with Gasteiger partial charge in [-0.05, 0) is 35.7 Å². The largest absolute Gasteiger partial charge is 0.350 e. The third-order valence-corrected chi connectivity index (χ3v) is 3.65. The van der Waals surface area contributed by atoms with Gasteiger partial charge in [-0.3, -0.25) is 9.59 Å². The van der Waals surface area contributed by atoms with Crippen LogP contribution < -0.4 is 10.6 Å². The molecular weight excluding hydrogens is 307 g/mol. The molecule has 0 bridgehead atoms. The van der Waals surface area contributed by atoms with Gasteiger partial charge in [-0.1, -0.05) is 44.2 Å². The van der Waals surface area contributed by atoms with E-state index in [0.717, 1.165) is 5.56 Å². The smallest absolute Gasteiger partial charge is 0.251 e. The molecule has 2 aromatic carbocycles. The number of nitrogens with one attached hydrogen (secondary N) is 2. The Balaban J connectivity index is 1.99. The maximum atomic E-state index is 12.9. The van der Waals surface area contributed by atoms with Crippen LogP contribution in [0.3, 0.4) is 0 Å². The Morgan fingerprint density at radius 2 is 1.62 bits per heavy atom. The summed E-state index contributed by atoms with van der Waals surface area (Å²) in [6.07, 6.45) is 0. The molecule has 0 aromatic heterocycles. The monoisotopic (exact) mass is 328 g/mol. The normalized spacial score (nSPS) is 11.8. The van der Waals surface area contributed by atoms with E-state index in [1.54, 1.807) is 0 Å². The fourth-order valence-corrected chi connectivity index (χ4v) is 2.26. The number of hydrogen-bond acceptors (Lipinski definition) is 2. The van der Waals surface area contributed by atoms with Gasteiger partial charge >= 0.3 is 0 Å². The second-order valence-corrected chi connectivity index (χ2v) is 5.91. The molecule has 4 nitrogen and oxygen atoms in total. The van der Waals surface area contributed by atoms with Crippen molar-refractivity contribution in [2.45, 2.75) is 26.4 Å². The number of hydrogen-bond donors (Lipinski definition) is 2. The zero-order valence-corrected chi connectivity index (χ0v) is 13.8. The van der Waals surface area contributed by atoms with Crippen LogP contribution in [0.1, 0.15) is 29.8 Å². The van der Waals surface area contributed by atoms with Gasteiger partial charge in [0.2, 0.25) is 5.91 Å². The number of carbonyl (C=O) groups excluding carboxylic acids is 2. The van der Waals surface area contributed by atoms with E-state index in [1.165, 1.54) is 24.3 Å². The predicted molar refractivity (Wildman–Crippen MR) is 90.8 cm³/mol. The summed E-state index contributed by atoms with van der Waals surface area (Å²) in [4.78, 5) is 24.6. The van der Waals surface area contributed by atoms with Crippen LogP contribution in [0.25, 0.3) is 0 Å². The lowest BCUT2D eigenvalue weighted by molar-refractivity contribution is -0.124. The standard InChI is InChI=1S/C19H21FN2O2/c1-13(2)17(19(24)21-12-14-6-4-3-5-7-14)22-18(23)15-8-10-16(20)11-9-15/h3-11,13,17H,12H2,1-2H3,(H,21,24)(H,22,23). The Bertz CT molecular complexity index is 684. The van der Waals surface area contributed by atoms with Crippen molar-refractivity contribution in [3.05, 3.63) is 71.5 Å². The third-order valence-electron chi connectivity index (χ3n) is 3.65. The highest BCUT2D eigenvalue weighted by molar-refractivity contribution is 5.97. The predicted octanol–water partition coefficient (Wildman–Crippen LogP) is 2.90. The molecule has 0 aliphatic rings. The first-order valence-corrected chi connectivity index (χ1v) is 7.85. The van der Waals surface area contributed by atoms with Gasteiger partial charge < -0.3 is 10.6 Å². The molecule has 5 heteroatoms. The molecule has 126 valence electrons. The maximum absolute atomic E-state index is 12.9. The molecule has 1 unspecified atom stereocenters. The van der Waals surface area contributed by atoms with Gasteiger partial charge in [0.25, 0.3) is 5.91 Å². The van der Waals surface area contributed by atoms with Gasteiger partial charge in [0.15, 0.2) is 0 Å². The van der Waals surface area contributed by atoms with Crippen molar-refractivity contribution in [1.82, 2.24) is 10.6 Å². The minimum atomic E-state index is -0.661. The zero-order valence-electron chi connectivity index (χ0n) is 13.8. The van der Waals surface area contributed by atoms with E-state index >= 15 is 0 Å². The van der Waals surface area contributed by atoms with Gasteiger partial charge in [0.1, 0.15) is 11.9 Å². The summed E-state index contributed by atoms with van der Waals surface area (Å²) in [6.45, 7) is 4.12. The lowest BCUT2D eigenvalue weighted by atomic mass is 10.0. The summed E-state index contributed by atoms with van der Waals surface area (Å²) in [5, 5.41) is 5.55. The van der Waals surface area contributed by atoms with E-state index in [1.807, 2.05) is 44.2 Å². The Labute approximate surface area is 141 Å². The van der Waals surface area contributed by atoms with E-state index in [4.69, 9.17) is 0 Å². The number of benzene rings is 2. The molecule has 1 atom stereocenters. The van der Waals surface area contributed by atoms with Gasteiger partial charge in [-0.15, -0.1) is 0 Å². The van der Waals surface area contributed by atoms with Crippen molar-refractivity contribution in [2.24, 2.45) is 5.92 Å². The van der Waals surface area contributed by atoms with Crippen molar-refractivity contribution in [3.8, 4) is 0 Å². The topological polar surface area (TPSA) is 58.2 Å². The van der Waals surface area contributed by atoms with Crippen LogP contribution in [-0.4, -0.2) is 17.9 Å². The maximum Gasteiger partial charge on any atom is 0.251 e. The fraction of sp³-hybridized carbons (Fsp3) is 0.263. The highest BCUT2D eigenvalue weighted by atomic mass is 19.1. The second-order valence-electron chi connectivity index (χ2n) is 5.91. The lowest BCUT2D eigenvalue weighted by Gasteiger charge is -2.21. The molecule has 0 aliphatic carbocycles. The van der Waals surface area contributed by atoms with E-state index < -0.39 is 17.8 Å². The van der Waals surface area contributed by atoms with E-state index in [2.05, 4.69) is 10.6 Å². The summed E-state index contributed by atoms with van der Waals surface area (Å²) in [7, 11) is 0. The zero-order chi connectivity index (χ0) is 17.5. The van der Waals surface area contributed by atoms with Crippen LogP contribution in [0.5, 0.6) is 0 Å². The molecule has 2 amide bonds. The first-order valence-electron chi connectivity index (χ1n) is 7.85. The first-order chi connectivity index (χ1) is 11.5. The molecule has 2 rings (SSSR count). The molecular formula is C19H21FN2O2. The molecule has 0 saturated carbocycles. The summed E-state index contributed by atoms with van der Waals surface area (Å²) in [5.41, 5.74) is 1.30. The average molecular weight is 328 g/mol. The minimum absolute atomic E-state index is 0.0785. The Morgan fingerprint density at radius 3 is 2.21 bits per heavy atom. The second kappa shape index (κ2) is 8.24. The van der Waals surface area contributed by atoms with Crippen LogP contribution in [-0.2, 0) is 11.3 Å².